The Kier molecular flexibility index (Phi) is 6.27. The van der Waals surface area contributed by atoms with Crippen LogP contribution in [0.3, 0.4) is 0 Å². The summed E-state index contributed by atoms with van der Waals surface area (Å²) in [5.41, 5.74) is 9.34. The molecular weight excluding hydrogens is 408 g/mol. The third kappa shape index (κ3) is 4.38. The van der Waals surface area contributed by atoms with Crippen LogP contribution in [0, 0.1) is 34.6 Å². The van der Waals surface area contributed by atoms with Crippen LogP contribution < -0.4 is 4.90 Å². The molecule has 0 atom stereocenters. The second kappa shape index (κ2) is 9.14. The van der Waals surface area contributed by atoms with E-state index in [0.717, 1.165) is 52.6 Å². The van der Waals surface area contributed by atoms with Crippen molar-refractivity contribution in [2.45, 2.75) is 48.5 Å². The van der Waals surface area contributed by atoms with Crippen molar-refractivity contribution in [3.8, 4) is 0 Å². The molecular formula is C27H32N6. The van der Waals surface area contributed by atoms with Gasteiger partial charge in [0.1, 0.15) is 5.71 Å². The topological polar surface area (TPSA) is 58.1 Å². The Morgan fingerprint density at radius 2 is 1.67 bits per heavy atom. The van der Waals surface area contributed by atoms with Gasteiger partial charge in [0.15, 0.2) is 5.84 Å². The number of hydrogen-bond acceptors (Lipinski definition) is 4. The van der Waals surface area contributed by atoms with E-state index in [1.807, 2.05) is 24.6 Å². The Balaban J connectivity index is 1.82. The van der Waals surface area contributed by atoms with Gasteiger partial charge in [0.25, 0.3) is 5.96 Å². The molecule has 0 fully saturated rings. The van der Waals surface area contributed by atoms with Crippen LogP contribution in [-0.4, -0.2) is 40.4 Å². The van der Waals surface area contributed by atoms with Gasteiger partial charge in [-0.1, -0.05) is 23.8 Å². The fraction of sp³-hybridized carbons (Fsp3) is 0.333. The minimum Gasteiger partial charge on any atom is -0.372 e. The zero-order valence-corrected chi connectivity index (χ0v) is 20.6. The molecule has 0 saturated heterocycles. The van der Waals surface area contributed by atoms with Crippen LogP contribution in [0.2, 0.25) is 0 Å². The van der Waals surface area contributed by atoms with E-state index < -0.39 is 0 Å². The number of aryl methyl sites for hydroxylation is 3. The molecule has 33 heavy (non-hydrogen) atoms. The van der Waals surface area contributed by atoms with Gasteiger partial charge in [-0.05, 0) is 83.9 Å². The smallest absolute Gasteiger partial charge is 0.253 e. The van der Waals surface area contributed by atoms with Gasteiger partial charge < -0.3 is 4.90 Å². The molecule has 0 saturated carbocycles. The van der Waals surface area contributed by atoms with E-state index in [-0.39, 0.29) is 0 Å². The Bertz CT molecular complexity index is 1290. The maximum absolute atomic E-state index is 4.97. The summed E-state index contributed by atoms with van der Waals surface area (Å²) in [6.07, 6.45) is 0. The Morgan fingerprint density at radius 1 is 0.909 bits per heavy atom. The molecule has 6 nitrogen and oxygen atoms in total. The summed E-state index contributed by atoms with van der Waals surface area (Å²) in [7, 11) is 0. The molecule has 2 heterocycles. The van der Waals surface area contributed by atoms with Crippen LogP contribution in [0.25, 0.3) is 0 Å². The normalized spacial score (nSPS) is 14.6. The Hall–Kier alpha value is -3.54. The molecule has 1 aliphatic rings. The van der Waals surface area contributed by atoms with E-state index in [1.165, 1.54) is 11.3 Å². The second-order valence-electron chi connectivity index (χ2n) is 8.53. The van der Waals surface area contributed by atoms with Crippen LogP contribution in [0.5, 0.6) is 0 Å². The van der Waals surface area contributed by atoms with Gasteiger partial charge in [0.05, 0.1) is 11.4 Å². The van der Waals surface area contributed by atoms with Gasteiger partial charge in [-0.25, -0.2) is 14.7 Å². The second-order valence-corrected chi connectivity index (χ2v) is 8.53. The van der Waals surface area contributed by atoms with E-state index in [1.54, 1.807) is 0 Å². The number of anilines is 1. The maximum atomic E-state index is 4.97. The van der Waals surface area contributed by atoms with Crippen LogP contribution in [0.15, 0.2) is 57.4 Å². The lowest BCUT2D eigenvalue weighted by atomic mass is 10.1. The summed E-state index contributed by atoms with van der Waals surface area (Å²) in [5.74, 6) is 1.16. The SMILES string of the molecule is CCN(CC)c1ccc(N=C2N=C(n3nc(C)c(C)c3C)N=C2c2cccc(C)c2)c(C)c1. The van der Waals surface area contributed by atoms with Crippen LogP contribution in [0.4, 0.5) is 11.4 Å². The molecule has 0 amide bonds. The average molecular weight is 441 g/mol. The molecule has 4 rings (SSSR count). The van der Waals surface area contributed by atoms with Gasteiger partial charge in [0, 0.05) is 30.0 Å². The highest BCUT2D eigenvalue weighted by Crippen LogP contribution is 2.27. The quantitative estimate of drug-likeness (QED) is 0.510. The van der Waals surface area contributed by atoms with Crippen molar-refractivity contribution in [3.05, 3.63) is 76.1 Å². The minimum absolute atomic E-state index is 0.552. The fourth-order valence-corrected chi connectivity index (χ4v) is 4.06. The molecule has 1 aliphatic heterocycles. The highest BCUT2D eigenvalue weighted by atomic mass is 15.4. The van der Waals surface area contributed by atoms with Crippen LogP contribution >= 0.6 is 0 Å². The van der Waals surface area contributed by atoms with Gasteiger partial charge in [0.2, 0.25) is 0 Å². The molecule has 0 N–H and O–H groups in total. The van der Waals surface area contributed by atoms with Crippen molar-refractivity contribution in [1.29, 1.82) is 0 Å². The van der Waals surface area contributed by atoms with Crippen molar-refractivity contribution in [2.24, 2.45) is 15.0 Å². The molecule has 0 radical (unpaired) electrons. The summed E-state index contributed by atoms with van der Waals surface area (Å²) >= 11 is 0. The third-order valence-electron chi connectivity index (χ3n) is 6.30. The van der Waals surface area contributed by atoms with Gasteiger partial charge in [-0.2, -0.15) is 10.1 Å². The van der Waals surface area contributed by atoms with Gasteiger partial charge in [-0.3, -0.25) is 0 Å². The van der Waals surface area contributed by atoms with Crippen molar-refractivity contribution >= 4 is 28.9 Å². The summed E-state index contributed by atoms with van der Waals surface area (Å²) in [4.78, 5) is 17.0. The standard InChI is InChI=1S/C27H32N6/c1-8-32(9-2)23-13-14-24(18(4)16-23)28-26-25(22-12-10-11-17(3)15-22)29-27(30-26)33-21(7)19(5)20(6)31-33/h10-16H,8-9H2,1-7H3. The van der Waals surface area contributed by atoms with Crippen molar-refractivity contribution in [3.63, 3.8) is 0 Å². The van der Waals surface area contributed by atoms with E-state index in [4.69, 9.17) is 15.0 Å². The summed E-state index contributed by atoms with van der Waals surface area (Å²) in [6, 6.07) is 14.7. The first-order valence-electron chi connectivity index (χ1n) is 11.5. The molecule has 2 aromatic carbocycles. The zero-order chi connectivity index (χ0) is 23.7. The molecule has 0 unspecified atom stereocenters. The molecule has 170 valence electrons. The molecule has 1 aromatic heterocycles. The highest BCUT2D eigenvalue weighted by Gasteiger charge is 2.24. The largest absolute Gasteiger partial charge is 0.372 e. The lowest BCUT2D eigenvalue weighted by Gasteiger charge is -2.21. The Labute approximate surface area is 196 Å². The average Bonchev–Trinajstić information content (AvgIpc) is 3.32. The first-order valence-corrected chi connectivity index (χ1v) is 11.5. The summed E-state index contributed by atoms with van der Waals surface area (Å²) in [6.45, 7) is 16.6. The van der Waals surface area contributed by atoms with Crippen molar-refractivity contribution in [2.75, 3.05) is 18.0 Å². The van der Waals surface area contributed by atoms with Crippen molar-refractivity contribution < 1.29 is 0 Å². The highest BCUT2D eigenvalue weighted by molar-refractivity contribution is 6.53. The molecule has 0 aliphatic carbocycles. The first-order chi connectivity index (χ1) is 15.8. The number of hydrogen-bond donors (Lipinski definition) is 0. The van der Waals surface area contributed by atoms with E-state index >= 15 is 0 Å². The summed E-state index contributed by atoms with van der Waals surface area (Å²) < 4.78 is 1.82. The minimum atomic E-state index is 0.552. The van der Waals surface area contributed by atoms with E-state index in [2.05, 4.69) is 81.0 Å². The molecule has 0 bridgehead atoms. The number of benzene rings is 2. The number of rotatable bonds is 5. The van der Waals surface area contributed by atoms with Gasteiger partial charge >= 0.3 is 0 Å². The Morgan fingerprint density at radius 3 is 2.27 bits per heavy atom. The summed E-state index contributed by atoms with van der Waals surface area (Å²) in [5, 5.41) is 4.66. The van der Waals surface area contributed by atoms with Crippen LogP contribution in [-0.2, 0) is 0 Å². The monoisotopic (exact) mass is 440 g/mol. The van der Waals surface area contributed by atoms with Crippen molar-refractivity contribution in [1.82, 2.24) is 9.78 Å². The lowest BCUT2D eigenvalue weighted by molar-refractivity contribution is 0.865. The molecule has 6 heteroatoms. The predicted octanol–water partition coefficient (Wildman–Crippen LogP) is 5.71. The van der Waals surface area contributed by atoms with Crippen LogP contribution in [0.1, 0.15) is 47.5 Å². The third-order valence-corrected chi connectivity index (χ3v) is 6.30. The number of nitrogens with zero attached hydrogens (tertiary/aromatic N) is 6. The fourth-order valence-electron chi connectivity index (χ4n) is 4.06. The molecule has 0 spiro atoms. The predicted molar refractivity (Wildman–Crippen MR) is 139 cm³/mol. The lowest BCUT2D eigenvalue weighted by Crippen LogP contribution is -2.21. The zero-order valence-electron chi connectivity index (χ0n) is 20.6. The van der Waals surface area contributed by atoms with Gasteiger partial charge in [-0.15, -0.1) is 0 Å². The maximum Gasteiger partial charge on any atom is 0.253 e. The first kappa shape index (κ1) is 22.6. The number of aromatic nitrogens is 2. The molecule has 3 aromatic rings. The van der Waals surface area contributed by atoms with E-state index in [9.17, 15) is 0 Å². The van der Waals surface area contributed by atoms with E-state index in [0.29, 0.717) is 11.8 Å². The number of amidine groups is 1. The number of aliphatic imine (C=N–C) groups is 3.